The molecule has 8 nitrogen and oxygen atoms in total. The van der Waals surface area contributed by atoms with Crippen molar-refractivity contribution in [1.29, 1.82) is 0 Å². The Hall–Kier alpha value is -4.34. The van der Waals surface area contributed by atoms with Gasteiger partial charge in [-0.2, -0.15) is 0 Å². The van der Waals surface area contributed by atoms with E-state index in [-0.39, 0.29) is 25.6 Å². The van der Waals surface area contributed by atoms with Gasteiger partial charge in [-0.15, -0.1) is 0 Å². The zero-order valence-corrected chi connectivity index (χ0v) is 23.8. The van der Waals surface area contributed by atoms with Crippen molar-refractivity contribution >= 4 is 35.0 Å². The van der Waals surface area contributed by atoms with E-state index in [1.54, 1.807) is 36.6 Å². The van der Waals surface area contributed by atoms with E-state index in [1.165, 1.54) is 11.3 Å². The van der Waals surface area contributed by atoms with Crippen LogP contribution in [0.5, 0.6) is 17.2 Å². The summed E-state index contributed by atoms with van der Waals surface area (Å²) in [7, 11) is 0. The van der Waals surface area contributed by atoms with Gasteiger partial charge in [0.15, 0.2) is 16.3 Å². The van der Waals surface area contributed by atoms with E-state index in [4.69, 9.17) is 30.5 Å². The average Bonchev–Trinajstić information content (AvgIpc) is 3.56. The molecule has 1 atom stereocenters. The van der Waals surface area contributed by atoms with Crippen molar-refractivity contribution in [1.82, 2.24) is 4.57 Å². The molecule has 6 rings (SSSR count). The fraction of sp³-hybridized carbons (Fsp3) is 0.194. The molecule has 0 saturated carbocycles. The first-order valence-corrected chi connectivity index (χ1v) is 14.2. The van der Waals surface area contributed by atoms with Crippen LogP contribution in [0.3, 0.4) is 0 Å². The first-order chi connectivity index (χ1) is 19.9. The van der Waals surface area contributed by atoms with Crippen molar-refractivity contribution in [3.8, 4) is 17.2 Å². The Morgan fingerprint density at radius 1 is 1.12 bits per heavy atom. The average molecular weight is 589 g/mol. The lowest BCUT2D eigenvalue weighted by Crippen LogP contribution is -2.39. The first kappa shape index (κ1) is 26.9. The SMILES string of the molecule is CCOC(=O)C1=C(C)N=c2sc(=Cc3ccccc3OCc3ccccc3Cl)c(=O)n2C1c1ccc2c(c1)OCO2. The highest BCUT2D eigenvalue weighted by molar-refractivity contribution is 7.07. The highest BCUT2D eigenvalue weighted by atomic mass is 35.5. The first-order valence-electron chi connectivity index (χ1n) is 13.0. The van der Waals surface area contributed by atoms with Gasteiger partial charge in [0.2, 0.25) is 6.79 Å². The number of allylic oxidation sites excluding steroid dienone is 1. The van der Waals surface area contributed by atoms with E-state index in [2.05, 4.69) is 4.99 Å². The minimum absolute atomic E-state index is 0.110. The number of carbonyl (C=O) groups is 1. The minimum Gasteiger partial charge on any atom is -0.488 e. The molecular weight excluding hydrogens is 564 g/mol. The quantitative estimate of drug-likeness (QED) is 0.289. The van der Waals surface area contributed by atoms with Gasteiger partial charge in [-0.1, -0.05) is 65.4 Å². The second-order valence-electron chi connectivity index (χ2n) is 9.33. The highest BCUT2D eigenvalue weighted by Crippen LogP contribution is 2.38. The molecular formula is C31H25ClN2O6S. The molecule has 0 amide bonds. The molecule has 0 saturated heterocycles. The molecule has 41 heavy (non-hydrogen) atoms. The van der Waals surface area contributed by atoms with Crippen molar-refractivity contribution in [3.05, 3.63) is 119 Å². The molecule has 0 bridgehead atoms. The molecule has 3 aromatic carbocycles. The summed E-state index contributed by atoms with van der Waals surface area (Å²) in [5.74, 6) is 1.23. The third-order valence-corrected chi connectivity index (χ3v) is 8.13. The molecule has 2 aliphatic heterocycles. The van der Waals surface area contributed by atoms with Gasteiger partial charge >= 0.3 is 5.97 Å². The molecule has 3 heterocycles. The zero-order chi connectivity index (χ0) is 28.5. The lowest BCUT2D eigenvalue weighted by atomic mass is 9.95. The molecule has 10 heteroatoms. The van der Waals surface area contributed by atoms with Gasteiger partial charge in [-0.25, -0.2) is 9.79 Å². The largest absolute Gasteiger partial charge is 0.488 e. The van der Waals surface area contributed by atoms with Gasteiger partial charge in [-0.05, 0) is 49.8 Å². The van der Waals surface area contributed by atoms with Crippen LogP contribution in [0.25, 0.3) is 6.08 Å². The van der Waals surface area contributed by atoms with Gasteiger partial charge in [0.25, 0.3) is 5.56 Å². The predicted octanol–water partition coefficient (Wildman–Crippen LogP) is 4.76. The maximum absolute atomic E-state index is 14.0. The standard InChI is InChI=1S/C31H25ClN2O6S/c1-3-37-30(36)27-18(2)33-31-34(28(27)20-12-13-24-25(14-20)40-17-39-24)29(35)26(41-31)15-19-8-5-7-11-23(19)38-16-21-9-4-6-10-22(21)32/h4-15,28H,3,16-17H2,1-2H3. The third kappa shape index (κ3) is 5.14. The molecule has 0 aliphatic carbocycles. The Balaban J connectivity index is 1.45. The van der Waals surface area contributed by atoms with Crippen molar-refractivity contribution in [2.24, 2.45) is 4.99 Å². The van der Waals surface area contributed by atoms with Crippen LogP contribution in [-0.4, -0.2) is 23.9 Å². The number of halogens is 1. The number of hydrogen-bond acceptors (Lipinski definition) is 8. The number of carbonyl (C=O) groups excluding carboxylic acids is 1. The summed E-state index contributed by atoms with van der Waals surface area (Å²) in [6.07, 6.45) is 1.78. The van der Waals surface area contributed by atoms with E-state index >= 15 is 0 Å². The van der Waals surface area contributed by atoms with Crippen molar-refractivity contribution < 1.29 is 23.7 Å². The topological polar surface area (TPSA) is 88.4 Å². The number of nitrogens with zero attached hydrogens (tertiary/aromatic N) is 2. The van der Waals surface area contributed by atoms with E-state index in [1.807, 2.05) is 54.6 Å². The van der Waals surface area contributed by atoms with Crippen LogP contribution in [0.4, 0.5) is 0 Å². The summed E-state index contributed by atoms with van der Waals surface area (Å²) in [6, 6.07) is 19.6. The van der Waals surface area contributed by atoms with Crippen LogP contribution < -0.4 is 29.1 Å². The molecule has 1 aromatic heterocycles. The Kier molecular flexibility index (Phi) is 7.38. The molecule has 4 aromatic rings. The van der Waals surface area contributed by atoms with Crippen LogP contribution in [0, 0.1) is 0 Å². The zero-order valence-electron chi connectivity index (χ0n) is 22.3. The lowest BCUT2D eigenvalue weighted by molar-refractivity contribution is -0.139. The number of para-hydroxylation sites is 1. The number of fused-ring (bicyclic) bond motifs is 2. The molecule has 1 unspecified atom stereocenters. The maximum Gasteiger partial charge on any atom is 0.338 e. The van der Waals surface area contributed by atoms with E-state index in [0.717, 1.165) is 11.1 Å². The summed E-state index contributed by atoms with van der Waals surface area (Å²) in [5, 5.41) is 0.620. The predicted molar refractivity (Wildman–Crippen MR) is 155 cm³/mol. The summed E-state index contributed by atoms with van der Waals surface area (Å²) in [5.41, 5.74) is 2.77. The van der Waals surface area contributed by atoms with Crippen LogP contribution in [0.2, 0.25) is 5.02 Å². The Bertz CT molecular complexity index is 1880. The van der Waals surface area contributed by atoms with Crippen LogP contribution >= 0.6 is 22.9 Å². The summed E-state index contributed by atoms with van der Waals surface area (Å²) < 4.78 is 24.5. The second kappa shape index (κ2) is 11.3. The smallest absolute Gasteiger partial charge is 0.338 e. The summed E-state index contributed by atoms with van der Waals surface area (Å²) in [6.45, 7) is 4.07. The van der Waals surface area contributed by atoms with Gasteiger partial charge in [-0.3, -0.25) is 9.36 Å². The molecule has 2 aliphatic rings. The Morgan fingerprint density at radius 3 is 2.73 bits per heavy atom. The van der Waals surface area contributed by atoms with Gasteiger partial charge in [0.05, 0.1) is 28.5 Å². The second-order valence-corrected chi connectivity index (χ2v) is 10.7. The van der Waals surface area contributed by atoms with E-state index < -0.39 is 12.0 Å². The molecule has 0 N–H and O–H groups in total. The van der Waals surface area contributed by atoms with Crippen molar-refractivity contribution in [3.63, 3.8) is 0 Å². The van der Waals surface area contributed by atoms with Crippen molar-refractivity contribution in [2.75, 3.05) is 13.4 Å². The Morgan fingerprint density at radius 2 is 1.90 bits per heavy atom. The number of benzene rings is 3. The number of hydrogen-bond donors (Lipinski definition) is 0. The van der Waals surface area contributed by atoms with Gasteiger partial charge < -0.3 is 18.9 Å². The van der Waals surface area contributed by atoms with Gasteiger partial charge in [0, 0.05) is 16.1 Å². The molecule has 0 radical (unpaired) electrons. The molecule has 0 spiro atoms. The molecule has 208 valence electrons. The van der Waals surface area contributed by atoms with E-state index in [9.17, 15) is 9.59 Å². The molecule has 0 fully saturated rings. The fourth-order valence-electron chi connectivity index (χ4n) is 4.83. The third-order valence-electron chi connectivity index (χ3n) is 6.78. The highest BCUT2D eigenvalue weighted by Gasteiger charge is 2.34. The van der Waals surface area contributed by atoms with Crippen LogP contribution in [-0.2, 0) is 16.1 Å². The van der Waals surface area contributed by atoms with Crippen molar-refractivity contribution in [2.45, 2.75) is 26.5 Å². The number of thiazole rings is 1. The minimum atomic E-state index is -0.756. The normalized spacial score (nSPS) is 15.9. The summed E-state index contributed by atoms with van der Waals surface area (Å²) >= 11 is 7.55. The maximum atomic E-state index is 14.0. The van der Waals surface area contributed by atoms with Gasteiger partial charge in [0.1, 0.15) is 12.4 Å². The number of rotatable bonds is 7. The van der Waals surface area contributed by atoms with E-state index in [0.29, 0.717) is 48.4 Å². The fourth-order valence-corrected chi connectivity index (χ4v) is 6.06. The lowest BCUT2D eigenvalue weighted by Gasteiger charge is -2.24. The Labute approximate surface area is 244 Å². The summed E-state index contributed by atoms with van der Waals surface area (Å²) in [4.78, 5) is 32.3. The number of esters is 1. The van der Waals surface area contributed by atoms with Crippen LogP contribution in [0.1, 0.15) is 36.6 Å². The number of ether oxygens (including phenoxy) is 4. The van der Waals surface area contributed by atoms with Crippen LogP contribution in [0.15, 0.2) is 87.8 Å². The number of aromatic nitrogens is 1. The monoisotopic (exact) mass is 588 g/mol.